The smallest absolute Gasteiger partial charge is 0.387 e. The van der Waals surface area contributed by atoms with Gasteiger partial charge < -0.3 is 15.8 Å². The minimum Gasteiger partial charge on any atom is -0.433 e. The largest absolute Gasteiger partial charge is 0.433 e. The maximum Gasteiger partial charge on any atom is 0.387 e. The predicted molar refractivity (Wildman–Crippen MR) is 74.3 cm³/mol. The van der Waals surface area contributed by atoms with Crippen LogP contribution in [0.15, 0.2) is 36.7 Å². The number of benzene rings is 1. The monoisotopic (exact) mass is 296 g/mol. The zero-order valence-electron chi connectivity index (χ0n) is 10.1. The molecule has 0 aliphatic heterocycles. The van der Waals surface area contributed by atoms with Gasteiger partial charge in [0, 0.05) is 0 Å². The van der Waals surface area contributed by atoms with Crippen LogP contribution >= 0.6 is 12.2 Å². The van der Waals surface area contributed by atoms with E-state index in [1.54, 1.807) is 18.2 Å². The van der Waals surface area contributed by atoms with Crippen molar-refractivity contribution in [1.29, 1.82) is 0 Å². The quantitative estimate of drug-likeness (QED) is 0.826. The van der Waals surface area contributed by atoms with Gasteiger partial charge in [-0.1, -0.05) is 24.4 Å². The van der Waals surface area contributed by atoms with Gasteiger partial charge in [-0.15, -0.1) is 0 Å². The Hall–Kier alpha value is -2.35. The highest BCUT2D eigenvalue weighted by molar-refractivity contribution is 7.80. The molecule has 20 heavy (non-hydrogen) atoms. The fourth-order valence-electron chi connectivity index (χ4n) is 1.43. The molecule has 0 spiro atoms. The molecule has 0 unspecified atom stereocenters. The Morgan fingerprint density at radius 3 is 2.60 bits per heavy atom. The number of anilines is 2. The van der Waals surface area contributed by atoms with E-state index in [1.807, 2.05) is 0 Å². The number of nitrogens with two attached hydrogens (primary N) is 1. The van der Waals surface area contributed by atoms with E-state index in [-0.39, 0.29) is 10.7 Å². The van der Waals surface area contributed by atoms with Crippen molar-refractivity contribution in [2.45, 2.75) is 6.61 Å². The van der Waals surface area contributed by atoms with Crippen molar-refractivity contribution in [1.82, 2.24) is 9.97 Å². The van der Waals surface area contributed by atoms with Crippen LogP contribution in [0.25, 0.3) is 0 Å². The molecule has 8 heteroatoms. The Morgan fingerprint density at radius 1 is 1.25 bits per heavy atom. The highest BCUT2D eigenvalue weighted by atomic mass is 32.1. The topological polar surface area (TPSA) is 73.1 Å². The Morgan fingerprint density at radius 2 is 2.00 bits per heavy atom. The Bertz CT molecular complexity index is 607. The standard InChI is InChI=1S/C12H10F2N4OS/c13-12(14)19-9-4-2-1-3-7(9)18-10-6-16-8(5-17-10)11(15)20/h1-6,12H,(H2,15,20)(H,17,18). The molecule has 0 atom stereocenters. The molecule has 1 aromatic heterocycles. The number of hydrogen-bond acceptors (Lipinski definition) is 5. The molecule has 104 valence electrons. The summed E-state index contributed by atoms with van der Waals surface area (Å²) in [4.78, 5) is 8.15. The lowest BCUT2D eigenvalue weighted by atomic mass is 10.3. The number of ether oxygens (including phenoxy) is 1. The minimum absolute atomic E-state index is 0.0164. The molecule has 2 aromatic rings. The fourth-order valence-corrected chi connectivity index (χ4v) is 1.53. The van der Waals surface area contributed by atoms with E-state index >= 15 is 0 Å². The van der Waals surface area contributed by atoms with E-state index in [0.29, 0.717) is 17.2 Å². The summed E-state index contributed by atoms with van der Waals surface area (Å²) in [6, 6.07) is 6.27. The van der Waals surface area contributed by atoms with Crippen molar-refractivity contribution in [2.24, 2.45) is 5.73 Å². The number of nitrogens with zero attached hydrogens (tertiary/aromatic N) is 2. The molecule has 1 aromatic carbocycles. The van der Waals surface area contributed by atoms with E-state index in [2.05, 4.69) is 20.0 Å². The molecule has 0 saturated carbocycles. The number of aromatic nitrogens is 2. The Labute approximate surface area is 118 Å². The summed E-state index contributed by atoms with van der Waals surface area (Å²) in [5, 5.41) is 2.83. The number of thiocarbonyl (C=S) groups is 1. The Kier molecular flexibility index (Phi) is 4.36. The van der Waals surface area contributed by atoms with Crippen LogP contribution in [0.1, 0.15) is 5.69 Å². The van der Waals surface area contributed by atoms with Gasteiger partial charge in [-0.2, -0.15) is 8.78 Å². The summed E-state index contributed by atoms with van der Waals surface area (Å²) in [5.74, 6) is 0.373. The first kappa shape index (κ1) is 14.1. The lowest BCUT2D eigenvalue weighted by molar-refractivity contribution is -0.0493. The zero-order valence-corrected chi connectivity index (χ0v) is 10.9. The van der Waals surface area contributed by atoms with Gasteiger partial charge in [0.1, 0.15) is 22.2 Å². The van der Waals surface area contributed by atoms with Crippen LogP contribution < -0.4 is 15.8 Å². The average molecular weight is 296 g/mol. The summed E-state index contributed by atoms with van der Waals surface area (Å²) in [6.45, 7) is -2.90. The first-order valence-electron chi connectivity index (χ1n) is 5.49. The van der Waals surface area contributed by atoms with Crippen molar-refractivity contribution in [3.63, 3.8) is 0 Å². The molecule has 0 aliphatic rings. The second-order valence-corrected chi connectivity index (χ2v) is 4.09. The van der Waals surface area contributed by atoms with Gasteiger partial charge in [0.25, 0.3) is 0 Å². The van der Waals surface area contributed by atoms with Gasteiger partial charge in [-0.05, 0) is 12.1 Å². The van der Waals surface area contributed by atoms with Gasteiger partial charge in [0.2, 0.25) is 0 Å². The number of rotatable bonds is 5. The van der Waals surface area contributed by atoms with Crippen molar-refractivity contribution in [3.8, 4) is 5.75 Å². The normalized spacial score (nSPS) is 10.3. The van der Waals surface area contributed by atoms with Crippen molar-refractivity contribution in [2.75, 3.05) is 5.32 Å². The minimum atomic E-state index is -2.90. The van der Waals surface area contributed by atoms with Crippen LogP contribution in [0.2, 0.25) is 0 Å². The molecular weight excluding hydrogens is 286 g/mol. The number of para-hydroxylation sites is 2. The number of halogens is 2. The Balaban J connectivity index is 2.19. The van der Waals surface area contributed by atoms with E-state index in [4.69, 9.17) is 18.0 Å². The average Bonchev–Trinajstić information content (AvgIpc) is 2.41. The summed E-state index contributed by atoms with van der Waals surface area (Å²) >= 11 is 4.75. The third-order valence-corrected chi connectivity index (χ3v) is 2.48. The highest BCUT2D eigenvalue weighted by Crippen LogP contribution is 2.27. The van der Waals surface area contributed by atoms with Gasteiger partial charge in [0.05, 0.1) is 18.1 Å². The van der Waals surface area contributed by atoms with Crippen molar-refractivity contribution in [3.05, 3.63) is 42.4 Å². The second-order valence-electron chi connectivity index (χ2n) is 3.65. The molecule has 2 rings (SSSR count). The highest BCUT2D eigenvalue weighted by Gasteiger charge is 2.09. The molecule has 0 saturated heterocycles. The second kappa shape index (κ2) is 6.20. The zero-order chi connectivity index (χ0) is 14.5. The molecule has 0 fully saturated rings. The molecular formula is C12H10F2N4OS. The van der Waals surface area contributed by atoms with Crippen molar-refractivity contribution >= 4 is 28.7 Å². The summed E-state index contributed by atoms with van der Waals surface area (Å²) in [6.07, 6.45) is 2.79. The molecule has 5 nitrogen and oxygen atoms in total. The van der Waals surface area contributed by atoms with E-state index in [9.17, 15) is 8.78 Å². The summed E-state index contributed by atoms with van der Waals surface area (Å²) in [5.41, 5.74) is 6.13. The van der Waals surface area contributed by atoms with Gasteiger partial charge in [-0.25, -0.2) is 9.97 Å². The van der Waals surface area contributed by atoms with Crippen LogP contribution in [0, 0.1) is 0 Å². The van der Waals surface area contributed by atoms with Crippen LogP contribution in [-0.2, 0) is 0 Å². The maximum atomic E-state index is 12.3. The third-order valence-electron chi connectivity index (χ3n) is 2.27. The van der Waals surface area contributed by atoms with Crippen LogP contribution in [0.5, 0.6) is 5.75 Å². The molecule has 0 aliphatic carbocycles. The van der Waals surface area contributed by atoms with Gasteiger partial charge >= 0.3 is 6.61 Å². The number of alkyl halides is 2. The number of nitrogens with one attached hydrogen (secondary N) is 1. The summed E-state index contributed by atoms with van der Waals surface area (Å²) < 4.78 is 28.9. The predicted octanol–water partition coefficient (Wildman–Crippen LogP) is 2.46. The van der Waals surface area contributed by atoms with Crippen molar-refractivity contribution < 1.29 is 13.5 Å². The van der Waals surface area contributed by atoms with E-state index in [1.165, 1.54) is 18.5 Å². The summed E-state index contributed by atoms with van der Waals surface area (Å²) in [7, 11) is 0. The maximum absolute atomic E-state index is 12.3. The fraction of sp³-hybridized carbons (Fsp3) is 0.0833. The first-order chi connectivity index (χ1) is 9.56. The first-order valence-corrected chi connectivity index (χ1v) is 5.90. The van der Waals surface area contributed by atoms with Crippen LogP contribution in [-0.4, -0.2) is 21.6 Å². The molecule has 0 amide bonds. The van der Waals surface area contributed by atoms with E-state index < -0.39 is 6.61 Å². The van der Waals surface area contributed by atoms with Gasteiger partial charge in [-0.3, -0.25) is 0 Å². The molecule has 1 heterocycles. The third kappa shape index (κ3) is 3.58. The lowest BCUT2D eigenvalue weighted by Gasteiger charge is -2.11. The molecule has 0 radical (unpaired) electrons. The number of hydrogen-bond donors (Lipinski definition) is 2. The molecule has 0 bridgehead atoms. The van der Waals surface area contributed by atoms with Gasteiger partial charge in [0.15, 0.2) is 0 Å². The van der Waals surface area contributed by atoms with Crippen LogP contribution in [0.4, 0.5) is 20.3 Å². The lowest BCUT2D eigenvalue weighted by Crippen LogP contribution is -2.12. The van der Waals surface area contributed by atoms with E-state index in [0.717, 1.165) is 0 Å². The van der Waals surface area contributed by atoms with Crippen LogP contribution in [0.3, 0.4) is 0 Å². The molecule has 3 N–H and O–H groups in total. The SMILES string of the molecule is NC(=S)c1cnc(Nc2ccccc2OC(F)F)cn1.